The van der Waals surface area contributed by atoms with Gasteiger partial charge in [-0.25, -0.2) is 0 Å². The fourth-order valence-corrected chi connectivity index (χ4v) is 3.42. The van der Waals surface area contributed by atoms with Crippen molar-refractivity contribution >= 4 is 11.4 Å². The summed E-state index contributed by atoms with van der Waals surface area (Å²) in [4.78, 5) is 14.5. The normalized spacial score (nSPS) is 16.5. The molecule has 0 amide bonds. The molecular formula is C19H24N3O3+. The van der Waals surface area contributed by atoms with Crippen molar-refractivity contribution in [3.63, 3.8) is 0 Å². The maximum atomic E-state index is 11.0. The summed E-state index contributed by atoms with van der Waals surface area (Å²) in [6, 6.07) is 15.4. The standard InChI is InChI=1S/C19H23N3O3/c1-15(16-4-3-5-18(14-16)22(23)24)20-10-12-21(13-11-20)17-6-8-19(25-2)9-7-17/h3-9,14-15H,10-13H2,1-2H3/p+1/t15-/m1/s1. The number of nitro benzene ring substituents is 1. The van der Waals surface area contributed by atoms with Crippen molar-refractivity contribution in [3.05, 3.63) is 64.2 Å². The van der Waals surface area contributed by atoms with Crippen LogP contribution in [-0.4, -0.2) is 38.2 Å². The third kappa shape index (κ3) is 3.91. The van der Waals surface area contributed by atoms with Gasteiger partial charge in [-0.2, -0.15) is 0 Å². The maximum Gasteiger partial charge on any atom is 0.269 e. The van der Waals surface area contributed by atoms with Gasteiger partial charge in [0.1, 0.15) is 11.8 Å². The van der Waals surface area contributed by atoms with Crippen molar-refractivity contribution in [2.45, 2.75) is 13.0 Å². The molecule has 1 aliphatic rings. The molecule has 1 saturated heterocycles. The van der Waals surface area contributed by atoms with E-state index in [1.54, 1.807) is 25.3 Å². The molecule has 2 aromatic rings. The van der Waals surface area contributed by atoms with E-state index < -0.39 is 0 Å². The monoisotopic (exact) mass is 342 g/mol. The van der Waals surface area contributed by atoms with Crippen LogP contribution in [0.2, 0.25) is 0 Å². The highest BCUT2D eigenvalue weighted by Crippen LogP contribution is 2.20. The molecule has 1 heterocycles. The second kappa shape index (κ2) is 7.53. The Morgan fingerprint density at radius 3 is 2.44 bits per heavy atom. The van der Waals surface area contributed by atoms with Gasteiger partial charge in [0.25, 0.3) is 5.69 Å². The minimum absolute atomic E-state index is 0.167. The Balaban J connectivity index is 1.63. The zero-order chi connectivity index (χ0) is 17.8. The molecule has 1 atom stereocenters. The van der Waals surface area contributed by atoms with Gasteiger partial charge in [-0.05, 0) is 31.2 Å². The maximum absolute atomic E-state index is 11.0. The first kappa shape index (κ1) is 17.2. The molecule has 0 saturated carbocycles. The van der Waals surface area contributed by atoms with E-state index in [4.69, 9.17) is 4.74 Å². The molecule has 0 aromatic heterocycles. The molecule has 1 fully saturated rings. The summed E-state index contributed by atoms with van der Waals surface area (Å²) in [5.41, 5.74) is 2.41. The third-order valence-electron chi connectivity index (χ3n) is 5.04. The van der Waals surface area contributed by atoms with Crippen LogP contribution in [0.25, 0.3) is 0 Å². The van der Waals surface area contributed by atoms with Crippen molar-refractivity contribution in [2.75, 3.05) is 38.2 Å². The molecular weight excluding hydrogens is 318 g/mol. The molecule has 0 spiro atoms. The molecule has 2 aromatic carbocycles. The Morgan fingerprint density at radius 2 is 1.84 bits per heavy atom. The Morgan fingerprint density at radius 1 is 1.16 bits per heavy atom. The first-order valence-corrected chi connectivity index (χ1v) is 8.56. The predicted molar refractivity (Wildman–Crippen MR) is 97.4 cm³/mol. The Labute approximate surface area is 147 Å². The lowest BCUT2D eigenvalue weighted by Gasteiger charge is -2.36. The van der Waals surface area contributed by atoms with Gasteiger partial charge in [-0.3, -0.25) is 10.1 Å². The summed E-state index contributed by atoms with van der Waals surface area (Å²) in [6.07, 6.45) is 0. The van der Waals surface area contributed by atoms with Crippen molar-refractivity contribution in [2.24, 2.45) is 0 Å². The predicted octanol–water partition coefficient (Wildman–Crippen LogP) is 2.07. The Hall–Kier alpha value is -2.60. The van der Waals surface area contributed by atoms with E-state index in [1.165, 1.54) is 10.6 Å². The topological polar surface area (TPSA) is 60.0 Å². The van der Waals surface area contributed by atoms with E-state index in [9.17, 15) is 10.1 Å². The highest BCUT2D eigenvalue weighted by Gasteiger charge is 2.26. The molecule has 0 radical (unpaired) electrons. The van der Waals surface area contributed by atoms with E-state index in [-0.39, 0.29) is 16.7 Å². The smallest absolute Gasteiger partial charge is 0.269 e. The minimum atomic E-state index is -0.326. The number of anilines is 1. The van der Waals surface area contributed by atoms with E-state index in [2.05, 4.69) is 24.0 Å². The van der Waals surface area contributed by atoms with E-state index in [0.717, 1.165) is 37.5 Å². The average molecular weight is 342 g/mol. The second-order valence-corrected chi connectivity index (χ2v) is 6.42. The number of hydrogen-bond acceptors (Lipinski definition) is 4. The van der Waals surface area contributed by atoms with Crippen molar-refractivity contribution < 1.29 is 14.6 Å². The summed E-state index contributed by atoms with van der Waals surface area (Å²) in [7, 11) is 1.67. The van der Waals surface area contributed by atoms with Crippen LogP contribution in [0.3, 0.4) is 0 Å². The van der Waals surface area contributed by atoms with Crippen LogP contribution < -0.4 is 14.5 Å². The quantitative estimate of drug-likeness (QED) is 0.667. The molecule has 0 bridgehead atoms. The fourth-order valence-electron chi connectivity index (χ4n) is 3.42. The van der Waals surface area contributed by atoms with E-state index in [1.807, 2.05) is 18.2 Å². The van der Waals surface area contributed by atoms with Crippen LogP contribution in [0.1, 0.15) is 18.5 Å². The van der Waals surface area contributed by atoms with Gasteiger partial charge in [0.2, 0.25) is 0 Å². The molecule has 1 N–H and O–H groups in total. The number of piperazine rings is 1. The molecule has 1 aliphatic heterocycles. The van der Waals surface area contributed by atoms with Gasteiger partial charge in [-0.15, -0.1) is 0 Å². The molecule has 6 nitrogen and oxygen atoms in total. The first-order chi connectivity index (χ1) is 12.1. The van der Waals surface area contributed by atoms with Crippen LogP contribution in [-0.2, 0) is 0 Å². The van der Waals surface area contributed by atoms with Crippen molar-refractivity contribution in [3.8, 4) is 5.75 Å². The number of nitro groups is 1. The number of non-ortho nitro benzene ring substituents is 1. The number of rotatable bonds is 5. The average Bonchev–Trinajstić information content (AvgIpc) is 2.67. The van der Waals surface area contributed by atoms with Crippen LogP contribution in [0.4, 0.5) is 11.4 Å². The van der Waals surface area contributed by atoms with Gasteiger partial charge in [-0.1, -0.05) is 12.1 Å². The van der Waals surface area contributed by atoms with Crippen molar-refractivity contribution in [1.82, 2.24) is 0 Å². The molecule has 6 heteroatoms. The number of nitrogens with one attached hydrogen (secondary N) is 1. The number of quaternary nitrogens is 1. The van der Waals surface area contributed by atoms with Crippen LogP contribution >= 0.6 is 0 Å². The lowest BCUT2D eigenvalue weighted by Crippen LogP contribution is -3.14. The summed E-state index contributed by atoms with van der Waals surface area (Å²) < 4.78 is 5.21. The number of nitrogens with zero attached hydrogens (tertiary/aromatic N) is 2. The molecule has 25 heavy (non-hydrogen) atoms. The van der Waals surface area contributed by atoms with Gasteiger partial charge < -0.3 is 14.5 Å². The number of hydrogen-bond donors (Lipinski definition) is 1. The number of ether oxygens (including phenoxy) is 1. The van der Waals surface area contributed by atoms with Gasteiger partial charge >= 0.3 is 0 Å². The number of benzene rings is 2. The Bertz CT molecular complexity index is 725. The summed E-state index contributed by atoms with van der Waals surface area (Å²) >= 11 is 0. The van der Waals surface area contributed by atoms with Crippen LogP contribution in [0.5, 0.6) is 5.75 Å². The molecule has 0 unspecified atom stereocenters. The van der Waals surface area contributed by atoms with Gasteiger partial charge in [0.05, 0.1) is 38.2 Å². The van der Waals surface area contributed by atoms with Crippen LogP contribution in [0, 0.1) is 10.1 Å². The first-order valence-electron chi connectivity index (χ1n) is 8.56. The SMILES string of the molecule is COc1ccc(N2CC[NH+]([C@H](C)c3cccc([N+](=O)[O-])c3)CC2)cc1. The Kier molecular flexibility index (Phi) is 5.19. The number of methoxy groups -OCH3 is 1. The molecule has 132 valence electrons. The lowest BCUT2D eigenvalue weighted by molar-refractivity contribution is -0.930. The molecule has 3 rings (SSSR count). The fraction of sp³-hybridized carbons (Fsp3) is 0.368. The minimum Gasteiger partial charge on any atom is -0.497 e. The zero-order valence-corrected chi connectivity index (χ0v) is 14.6. The van der Waals surface area contributed by atoms with Crippen molar-refractivity contribution in [1.29, 1.82) is 0 Å². The second-order valence-electron chi connectivity index (χ2n) is 6.42. The molecule has 0 aliphatic carbocycles. The zero-order valence-electron chi connectivity index (χ0n) is 14.6. The van der Waals surface area contributed by atoms with Gasteiger partial charge in [0.15, 0.2) is 0 Å². The summed E-state index contributed by atoms with van der Waals surface area (Å²) in [5.74, 6) is 0.868. The highest BCUT2D eigenvalue weighted by molar-refractivity contribution is 5.49. The summed E-state index contributed by atoms with van der Waals surface area (Å²) in [5, 5.41) is 11.0. The third-order valence-corrected chi connectivity index (χ3v) is 5.04. The van der Waals surface area contributed by atoms with Gasteiger partial charge in [0, 0.05) is 23.4 Å². The largest absolute Gasteiger partial charge is 0.497 e. The lowest BCUT2D eigenvalue weighted by atomic mass is 10.1. The van der Waals surface area contributed by atoms with Crippen LogP contribution in [0.15, 0.2) is 48.5 Å². The van der Waals surface area contributed by atoms with E-state index in [0.29, 0.717) is 0 Å². The summed E-state index contributed by atoms with van der Waals surface area (Å²) in [6.45, 7) is 6.12. The van der Waals surface area contributed by atoms with E-state index >= 15 is 0 Å². The highest BCUT2D eigenvalue weighted by atomic mass is 16.6.